The number of urea groups is 1. The van der Waals surface area contributed by atoms with Crippen LogP contribution < -0.4 is 9.62 Å². The minimum Gasteiger partial charge on any atom is -0.443 e. The van der Waals surface area contributed by atoms with Gasteiger partial charge in [0.15, 0.2) is 0 Å². The third-order valence-electron chi connectivity index (χ3n) is 4.33. The molecule has 0 aromatic heterocycles. The van der Waals surface area contributed by atoms with E-state index in [9.17, 15) is 18.0 Å². The quantitative estimate of drug-likeness (QED) is 0.528. The van der Waals surface area contributed by atoms with Gasteiger partial charge in [-0.05, 0) is 63.6 Å². The number of carbonyl (C=O) groups is 2. The summed E-state index contributed by atoms with van der Waals surface area (Å²) in [6.45, 7) is 6.86. The normalized spacial score (nSPS) is 11.6. The number of ether oxygens (including phenoxy) is 1. The van der Waals surface area contributed by atoms with Crippen molar-refractivity contribution in [1.82, 2.24) is 4.90 Å². The average Bonchev–Trinajstić information content (AvgIpc) is 2.68. The van der Waals surface area contributed by atoms with Crippen LogP contribution in [-0.4, -0.2) is 43.8 Å². The van der Waals surface area contributed by atoms with Crippen LogP contribution in [0, 0.1) is 0 Å². The fourth-order valence-electron chi connectivity index (χ4n) is 2.80. The molecule has 11 heteroatoms. The largest absolute Gasteiger partial charge is 0.443 e. The van der Waals surface area contributed by atoms with E-state index in [4.69, 9.17) is 27.9 Å². The minimum atomic E-state index is -3.65. The topological polar surface area (TPSA) is 96.0 Å². The second-order valence-electron chi connectivity index (χ2n) is 8.18. The molecule has 0 radical (unpaired) electrons. The molecule has 0 bridgehead atoms. The summed E-state index contributed by atoms with van der Waals surface area (Å²) in [5.74, 6) is 0. The molecule has 2 aromatic carbocycles. The Balaban J connectivity index is 2.21. The van der Waals surface area contributed by atoms with E-state index in [1.165, 1.54) is 16.4 Å². The van der Waals surface area contributed by atoms with Gasteiger partial charge in [-0.15, -0.1) is 0 Å². The van der Waals surface area contributed by atoms with Crippen molar-refractivity contribution < 1.29 is 22.7 Å². The molecule has 0 unspecified atom stereocenters. The van der Waals surface area contributed by atoms with Gasteiger partial charge in [-0.25, -0.2) is 22.9 Å². The predicted octanol–water partition coefficient (Wildman–Crippen LogP) is 5.75. The number of hydrogen-bond donors (Lipinski definition) is 1. The molecule has 0 atom stereocenters. The van der Waals surface area contributed by atoms with E-state index in [1.54, 1.807) is 58.0 Å². The lowest BCUT2D eigenvalue weighted by Crippen LogP contribution is -2.42. The lowest BCUT2D eigenvalue weighted by molar-refractivity contribution is 0.0340. The zero-order valence-corrected chi connectivity index (χ0v) is 21.4. The van der Waals surface area contributed by atoms with E-state index in [2.05, 4.69) is 5.32 Å². The Kier molecular flexibility index (Phi) is 8.62. The fourth-order valence-corrected chi connectivity index (χ4v) is 4.06. The summed E-state index contributed by atoms with van der Waals surface area (Å²) in [6, 6.07) is 10.5. The Morgan fingerprint density at radius 2 is 1.67 bits per heavy atom. The number of imide groups is 1. The Morgan fingerprint density at radius 3 is 2.18 bits per heavy atom. The second kappa shape index (κ2) is 10.6. The van der Waals surface area contributed by atoms with Gasteiger partial charge in [0.25, 0.3) is 0 Å². The Morgan fingerprint density at radius 1 is 1.06 bits per heavy atom. The molecule has 180 valence electrons. The highest BCUT2D eigenvalue weighted by atomic mass is 35.5. The molecule has 2 rings (SSSR count). The lowest BCUT2D eigenvalue weighted by atomic mass is 10.2. The molecule has 0 saturated heterocycles. The summed E-state index contributed by atoms with van der Waals surface area (Å²) < 4.78 is 31.3. The zero-order valence-electron chi connectivity index (χ0n) is 19.1. The van der Waals surface area contributed by atoms with E-state index < -0.39 is 27.7 Å². The van der Waals surface area contributed by atoms with Gasteiger partial charge in [0.1, 0.15) is 5.60 Å². The van der Waals surface area contributed by atoms with E-state index in [1.807, 2.05) is 0 Å². The van der Waals surface area contributed by atoms with E-state index in [0.29, 0.717) is 22.0 Å². The molecule has 0 aliphatic heterocycles. The maximum absolute atomic E-state index is 12.5. The summed E-state index contributed by atoms with van der Waals surface area (Å²) in [5.41, 5.74) is 0.543. The van der Waals surface area contributed by atoms with Crippen LogP contribution in [0.5, 0.6) is 0 Å². The van der Waals surface area contributed by atoms with Crippen LogP contribution in [0.1, 0.15) is 33.3 Å². The number of amides is 3. The van der Waals surface area contributed by atoms with Gasteiger partial charge in [-0.1, -0.05) is 35.3 Å². The highest BCUT2D eigenvalue weighted by molar-refractivity contribution is 7.92. The molecule has 8 nitrogen and oxygen atoms in total. The van der Waals surface area contributed by atoms with Gasteiger partial charge in [0, 0.05) is 12.2 Å². The van der Waals surface area contributed by atoms with Crippen molar-refractivity contribution in [1.29, 1.82) is 0 Å². The van der Waals surface area contributed by atoms with E-state index in [-0.39, 0.29) is 18.1 Å². The molecule has 0 aliphatic carbocycles. The first-order chi connectivity index (χ1) is 15.2. The van der Waals surface area contributed by atoms with Crippen LogP contribution in [0.15, 0.2) is 42.5 Å². The van der Waals surface area contributed by atoms with Crippen molar-refractivity contribution in [3.05, 3.63) is 58.1 Å². The fraction of sp³-hybridized carbons (Fsp3) is 0.364. The van der Waals surface area contributed by atoms with Crippen molar-refractivity contribution in [3.8, 4) is 0 Å². The molecule has 1 N–H and O–H groups in total. The monoisotopic (exact) mass is 515 g/mol. The second-order valence-corrected chi connectivity index (χ2v) is 10.9. The van der Waals surface area contributed by atoms with Gasteiger partial charge in [-0.2, -0.15) is 0 Å². The number of rotatable bonds is 6. The smallest absolute Gasteiger partial charge is 0.418 e. The number of anilines is 2. The van der Waals surface area contributed by atoms with Crippen molar-refractivity contribution >= 4 is 56.7 Å². The van der Waals surface area contributed by atoms with Gasteiger partial charge in [0.2, 0.25) is 10.0 Å². The standard InChI is InChI=1S/C22H27Cl2N3O5S/c1-6-26(21(29)32-22(2,3)4)20(28)25-16-10-12-17(13-11-16)27(33(5,30)31)14-15-8-7-9-18(23)19(15)24/h7-13H,6,14H2,1-5H3,(H,25,28). The number of sulfonamides is 1. The van der Waals surface area contributed by atoms with Crippen molar-refractivity contribution in [3.63, 3.8) is 0 Å². The number of halogens is 2. The Labute approximate surface area is 204 Å². The SMILES string of the molecule is CCN(C(=O)Nc1ccc(N(Cc2cccc(Cl)c2Cl)S(C)(=O)=O)cc1)C(=O)OC(C)(C)C. The maximum atomic E-state index is 12.5. The predicted molar refractivity (Wildman–Crippen MR) is 132 cm³/mol. The molecule has 0 fully saturated rings. The molecule has 33 heavy (non-hydrogen) atoms. The van der Waals surface area contributed by atoms with Crippen molar-refractivity contribution in [2.24, 2.45) is 0 Å². The van der Waals surface area contributed by atoms with Crippen LogP contribution >= 0.6 is 23.2 Å². The van der Waals surface area contributed by atoms with Crippen LogP contribution in [0.4, 0.5) is 21.0 Å². The molecular formula is C22H27Cl2N3O5S. The summed E-state index contributed by atoms with van der Waals surface area (Å²) in [7, 11) is -3.65. The first kappa shape index (κ1) is 26.8. The first-order valence-electron chi connectivity index (χ1n) is 10.0. The number of carbonyl (C=O) groups excluding carboxylic acids is 2. The number of nitrogens with zero attached hydrogens (tertiary/aromatic N) is 2. The molecule has 0 saturated carbocycles. The zero-order chi connectivity index (χ0) is 25.0. The lowest BCUT2D eigenvalue weighted by Gasteiger charge is -2.26. The molecule has 3 amide bonds. The molecule has 2 aromatic rings. The third-order valence-corrected chi connectivity index (χ3v) is 6.33. The number of nitrogens with one attached hydrogen (secondary N) is 1. The van der Waals surface area contributed by atoms with E-state index >= 15 is 0 Å². The highest BCUT2D eigenvalue weighted by Crippen LogP contribution is 2.29. The number of hydrogen-bond acceptors (Lipinski definition) is 5. The van der Waals surface area contributed by atoms with Crippen molar-refractivity contribution in [2.45, 2.75) is 39.8 Å². The minimum absolute atomic E-state index is 0.0216. The van der Waals surface area contributed by atoms with Gasteiger partial charge < -0.3 is 10.1 Å². The Bertz CT molecular complexity index is 1120. The van der Waals surface area contributed by atoms with Crippen LogP contribution in [-0.2, 0) is 21.3 Å². The summed E-state index contributed by atoms with van der Waals surface area (Å²) in [6.07, 6.45) is 0.321. The van der Waals surface area contributed by atoms with Crippen LogP contribution in [0.2, 0.25) is 10.0 Å². The molecule has 0 spiro atoms. The summed E-state index contributed by atoms with van der Waals surface area (Å²) in [4.78, 5) is 25.7. The number of benzene rings is 2. The summed E-state index contributed by atoms with van der Waals surface area (Å²) in [5, 5.41) is 3.21. The van der Waals surface area contributed by atoms with Crippen LogP contribution in [0.3, 0.4) is 0 Å². The maximum Gasteiger partial charge on any atom is 0.418 e. The third kappa shape index (κ3) is 7.52. The van der Waals surface area contributed by atoms with Crippen LogP contribution in [0.25, 0.3) is 0 Å². The Hall–Kier alpha value is -2.49. The van der Waals surface area contributed by atoms with Gasteiger partial charge >= 0.3 is 12.1 Å². The van der Waals surface area contributed by atoms with Gasteiger partial charge in [0.05, 0.1) is 28.5 Å². The highest BCUT2D eigenvalue weighted by Gasteiger charge is 2.26. The average molecular weight is 516 g/mol. The molecule has 0 aliphatic rings. The van der Waals surface area contributed by atoms with E-state index in [0.717, 1.165) is 11.2 Å². The van der Waals surface area contributed by atoms with Crippen molar-refractivity contribution in [2.75, 3.05) is 22.4 Å². The molecular weight excluding hydrogens is 489 g/mol. The molecule has 0 heterocycles. The van der Waals surface area contributed by atoms with Gasteiger partial charge in [-0.3, -0.25) is 4.31 Å². The summed E-state index contributed by atoms with van der Waals surface area (Å²) >= 11 is 12.3. The first-order valence-corrected chi connectivity index (χ1v) is 12.7.